The summed E-state index contributed by atoms with van der Waals surface area (Å²) >= 11 is 0. The third-order valence-corrected chi connectivity index (χ3v) is 14.7. The fraction of sp³-hybridized carbons (Fsp3) is 0.921. The molecular weight excluding hydrogens is 819 g/mol. The molecule has 2 unspecified atom stereocenters. The van der Waals surface area contributed by atoms with Crippen LogP contribution in [0.4, 0.5) is 0 Å². The zero-order valence-corrected chi connectivity index (χ0v) is 46.0. The summed E-state index contributed by atoms with van der Waals surface area (Å²) < 4.78 is 0. The summed E-state index contributed by atoms with van der Waals surface area (Å²) in [5.74, 6) is -0.0235. The summed E-state index contributed by atoms with van der Waals surface area (Å²) in [7, 11) is 0. The van der Waals surface area contributed by atoms with Crippen LogP contribution in [-0.2, 0) is 4.79 Å². The largest absolute Gasteiger partial charge is 0.394 e. The molecular formula is C63H123NO3. The number of amides is 1. The Balaban J connectivity index is 3.40. The summed E-state index contributed by atoms with van der Waals surface area (Å²) in [5.41, 5.74) is 0. The fourth-order valence-corrected chi connectivity index (χ4v) is 9.98. The van der Waals surface area contributed by atoms with E-state index < -0.39 is 12.1 Å². The van der Waals surface area contributed by atoms with Crippen LogP contribution in [0.25, 0.3) is 0 Å². The van der Waals surface area contributed by atoms with Gasteiger partial charge >= 0.3 is 0 Å². The second-order valence-corrected chi connectivity index (χ2v) is 21.5. The van der Waals surface area contributed by atoms with Gasteiger partial charge in [0.25, 0.3) is 0 Å². The lowest BCUT2D eigenvalue weighted by Crippen LogP contribution is -2.45. The summed E-state index contributed by atoms with van der Waals surface area (Å²) in [6.45, 7) is 4.39. The van der Waals surface area contributed by atoms with Gasteiger partial charge in [-0.15, -0.1) is 0 Å². The van der Waals surface area contributed by atoms with E-state index >= 15 is 0 Å². The molecule has 0 saturated carbocycles. The van der Waals surface area contributed by atoms with Gasteiger partial charge < -0.3 is 15.5 Å². The molecule has 2 atom stereocenters. The zero-order chi connectivity index (χ0) is 48.5. The number of hydrogen-bond donors (Lipinski definition) is 3. The first-order valence-corrected chi connectivity index (χ1v) is 31.0. The van der Waals surface area contributed by atoms with Crippen molar-refractivity contribution < 1.29 is 15.0 Å². The van der Waals surface area contributed by atoms with Crippen LogP contribution in [0.15, 0.2) is 24.3 Å². The molecule has 0 aliphatic carbocycles. The fourth-order valence-electron chi connectivity index (χ4n) is 9.98. The normalized spacial score (nSPS) is 12.8. The van der Waals surface area contributed by atoms with Gasteiger partial charge in [-0.3, -0.25) is 4.79 Å². The molecule has 0 aliphatic rings. The van der Waals surface area contributed by atoms with E-state index in [1.165, 1.54) is 295 Å². The molecule has 67 heavy (non-hydrogen) atoms. The molecule has 1 amide bonds. The number of hydrogen-bond acceptors (Lipinski definition) is 3. The number of rotatable bonds is 58. The standard InChI is InChI=1S/C63H123NO3/c1-3-5-7-9-11-13-15-17-19-21-23-25-27-29-30-31-32-33-34-35-37-39-41-43-45-47-49-51-53-55-57-59-63(67)64-61(60-65)62(66)58-56-54-52-50-48-46-44-42-40-38-36-28-26-24-22-20-18-16-14-12-10-8-6-4-2/h15,17,21,23,61-62,65-66H,3-14,16,18-20,22,24-60H2,1-2H3,(H,64,67)/b17-15-,23-21-. The second kappa shape index (κ2) is 59.2. The quantitative estimate of drug-likeness (QED) is 0.0420. The van der Waals surface area contributed by atoms with Gasteiger partial charge in [-0.2, -0.15) is 0 Å². The monoisotopic (exact) mass is 942 g/mol. The van der Waals surface area contributed by atoms with Gasteiger partial charge in [0, 0.05) is 6.42 Å². The first kappa shape index (κ1) is 65.9. The SMILES string of the molecule is CCCCCCC/C=C\C/C=C\CCCCCCCCCCCCCCCCCCCCCC(=O)NC(CO)C(O)CCCCCCCCCCCCCCCCCCCCCCCCCC. The number of allylic oxidation sites excluding steroid dienone is 4. The maximum Gasteiger partial charge on any atom is 0.220 e. The average molecular weight is 943 g/mol. The second-order valence-electron chi connectivity index (χ2n) is 21.5. The Kier molecular flexibility index (Phi) is 58.2. The predicted octanol–water partition coefficient (Wildman–Crippen LogP) is 20.7. The van der Waals surface area contributed by atoms with Gasteiger partial charge in [-0.05, 0) is 44.9 Å². The van der Waals surface area contributed by atoms with E-state index in [9.17, 15) is 15.0 Å². The third kappa shape index (κ3) is 55.7. The number of aliphatic hydroxyl groups is 2. The minimum atomic E-state index is -0.658. The first-order chi connectivity index (χ1) is 33.2. The first-order valence-electron chi connectivity index (χ1n) is 31.0. The molecule has 0 spiro atoms. The van der Waals surface area contributed by atoms with Gasteiger partial charge in [0.05, 0.1) is 18.8 Å². The lowest BCUT2D eigenvalue weighted by molar-refractivity contribution is -0.123. The summed E-state index contributed by atoms with van der Waals surface area (Å²) in [6, 6.07) is -0.535. The highest BCUT2D eigenvalue weighted by molar-refractivity contribution is 5.76. The highest BCUT2D eigenvalue weighted by Crippen LogP contribution is 2.18. The molecule has 3 N–H and O–H groups in total. The molecule has 0 aromatic heterocycles. The third-order valence-electron chi connectivity index (χ3n) is 14.7. The van der Waals surface area contributed by atoms with Crippen molar-refractivity contribution in [3.05, 3.63) is 24.3 Å². The Bertz CT molecular complexity index is 978. The summed E-state index contributed by atoms with van der Waals surface area (Å²) in [6.07, 6.45) is 79.1. The molecule has 0 saturated heterocycles. The van der Waals surface area contributed by atoms with E-state index in [4.69, 9.17) is 0 Å². The molecule has 0 aliphatic heterocycles. The topological polar surface area (TPSA) is 69.6 Å². The Morgan fingerprint density at radius 1 is 0.358 bits per heavy atom. The van der Waals surface area contributed by atoms with Crippen molar-refractivity contribution in [1.29, 1.82) is 0 Å². The van der Waals surface area contributed by atoms with Crippen molar-refractivity contribution in [2.75, 3.05) is 6.61 Å². The molecule has 0 rings (SSSR count). The molecule has 398 valence electrons. The van der Waals surface area contributed by atoms with E-state index in [0.29, 0.717) is 12.8 Å². The maximum absolute atomic E-state index is 12.5. The molecule has 0 aromatic rings. The minimum Gasteiger partial charge on any atom is -0.394 e. The Labute approximate surface area is 421 Å². The van der Waals surface area contributed by atoms with Crippen LogP contribution < -0.4 is 5.32 Å². The molecule has 4 heteroatoms. The molecule has 0 fully saturated rings. The van der Waals surface area contributed by atoms with Crippen molar-refractivity contribution in [1.82, 2.24) is 5.32 Å². The smallest absolute Gasteiger partial charge is 0.220 e. The van der Waals surface area contributed by atoms with Crippen molar-refractivity contribution >= 4 is 5.91 Å². The maximum atomic E-state index is 12.5. The van der Waals surface area contributed by atoms with Crippen LogP contribution >= 0.6 is 0 Å². The number of carbonyl (C=O) groups excluding carboxylic acids is 1. The van der Waals surface area contributed by atoms with Crippen molar-refractivity contribution in [3.8, 4) is 0 Å². The molecule has 0 radical (unpaired) electrons. The highest BCUT2D eigenvalue weighted by atomic mass is 16.3. The van der Waals surface area contributed by atoms with Crippen molar-refractivity contribution in [2.45, 2.75) is 366 Å². The zero-order valence-electron chi connectivity index (χ0n) is 46.0. The molecule has 0 heterocycles. The van der Waals surface area contributed by atoms with Crippen molar-refractivity contribution in [3.63, 3.8) is 0 Å². The van der Waals surface area contributed by atoms with E-state index in [0.717, 1.165) is 32.1 Å². The van der Waals surface area contributed by atoms with E-state index in [2.05, 4.69) is 43.5 Å². The van der Waals surface area contributed by atoms with E-state index in [1.807, 2.05) is 0 Å². The van der Waals surface area contributed by atoms with Gasteiger partial charge in [-0.1, -0.05) is 327 Å². The molecule has 0 bridgehead atoms. The average Bonchev–Trinajstić information content (AvgIpc) is 3.33. The summed E-state index contributed by atoms with van der Waals surface area (Å²) in [4.78, 5) is 12.5. The molecule has 4 nitrogen and oxygen atoms in total. The van der Waals surface area contributed by atoms with Crippen LogP contribution in [0.1, 0.15) is 354 Å². The molecule has 0 aromatic carbocycles. The summed E-state index contributed by atoms with van der Waals surface area (Å²) in [5, 5.41) is 23.4. The van der Waals surface area contributed by atoms with E-state index in [-0.39, 0.29) is 12.5 Å². The number of nitrogens with one attached hydrogen (secondary N) is 1. The Hall–Kier alpha value is -1.13. The highest BCUT2D eigenvalue weighted by Gasteiger charge is 2.20. The minimum absolute atomic E-state index is 0.0235. The van der Waals surface area contributed by atoms with E-state index in [1.54, 1.807) is 0 Å². The predicted molar refractivity (Wildman–Crippen MR) is 299 cm³/mol. The Morgan fingerprint density at radius 3 is 0.896 bits per heavy atom. The van der Waals surface area contributed by atoms with Gasteiger partial charge in [0.2, 0.25) is 5.91 Å². The van der Waals surface area contributed by atoms with Gasteiger partial charge in [0.15, 0.2) is 0 Å². The number of aliphatic hydroxyl groups excluding tert-OH is 2. The van der Waals surface area contributed by atoms with Crippen molar-refractivity contribution in [2.24, 2.45) is 0 Å². The van der Waals surface area contributed by atoms with Crippen LogP contribution in [0.5, 0.6) is 0 Å². The number of carbonyl (C=O) groups is 1. The van der Waals surface area contributed by atoms with Crippen LogP contribution in [0.2, 0.25) is 0 Å². The van der Waals surface area contributed by atoms with Crippen LogP contribution in [0, 0.1) is 0 Å². The number of unbranched alkanes of at least 4 members (excludes halogenated alkanes) is 47. The lowest BCUT2D eigenvalue weighted by Gasteiger charge is -2.22. The van der Waals surface area contributed by atoms with Crippen LogP contribution in [-0.4, -0.2) is 34.9 Å². The Morgan fingerprint density at radius 2 is 0.612 bits per heavy atom. The van der Waals surface area contributed by atoms with Gasteiger partial charge in [0.1, 0.15) is 0 Å². The van der Waals surface area contributed by atoms with Gasteiger partial charge in [-0.25, -0.2) is 0 Å². The lowest BCUT2D eigenvalue weighted by atomic mass is 10.0. The van der Waals surface area contributed by atoms with Crippen LogP contribution in [0.3, 0.4) is 0 Å².